The number of aryl methyl sites for hydroxylation is 1. The Morgan fingerprint density at radius 3 is 2.16 bits per heavy atom. The van der Waals surface area contributed by atoms with E-state index >= 15 is 0 Å². The number of hydrogen-bond acceptors (Lipinski definition) is 6. The number of carbonyl (C=O) groups is 3. The van der Waals surface area contributed by atoms with Gasteiger partial charge in [0.2, 0.25) is 15.9 Å². The first-order valence-corrected chi connectivity index (χ1v) is 13.1. The zero-order valence-electron chi connectivity index (χ0n) is 19.9. The maximum absolute atomic E-state index is 13.3. The van der Waals surface area contributed by atoms with Crippen LogP contribution in [0.3, 0.4) is 0 Å². The molecule has 0 fully saturated rings. The van der Waals surface area contributed by atoms with Crippen molar-refractivity contribution in [2.75, 3.05) is 10.5 Å². The Bertz CT molecular complexity index is 1410. The van der Waals surface area contributed by atoms with Gasteiger partial charge in [-0.25, -0.2) is 8.42 Å². The molecule has 1 unspecified atom stereocenters. The summed E-state index contributed by atoms with van der Waals surface area (Å²) in [5.41, 5.74) is 1.14. The fourth-order valence-corrected chi connectivity index (χ4v) is 4.76. The molecule has 0 saturated heterocycles. The number of nitrogens with one attached hydrogen (secondary N) is 2. The summed E-state index contributed by atoms with van der Waals surface area (Å²) in [7, 11) is -3.88. The second-order valence-electron chi connectivity index (χ2n) is 8.36. The number of aliphatic carboxylic acids is 1. The number of carbonyl (C=O) groups excluding carboxylic acids is 2. The van der Waals surface area contributed by atoms with Crippen LogP contribution in [0.5, 0.6) is 0 Å². The minimum absolute atomic E-state index is 0.227. The van der Waals surface area contributed by atoms with Gasteiger partial charge in [-0.2, -0.15) is 0 Å². The molecule has 1 heterocycles. The molecule has 0 radical (unpaired) electrons. The van der Waals surface area contributed by atoms with E-state index in [0.29, 0.717) is 12.0 Å². The summed E-state index contributed by atoms with van der Waals surface area (Å²) < 4.78 is 28.8. The molecule has 194 valence electrons. The quantitative estimate of drug-likeness (QED) is 0.287. The summed E-state index contributed by atoms with van der Waals surface area (Å²) in [6, 6.07) is 19.8. The van der Waals surface area contributed by atoms with Crippen LogP contribution in [0, 0.1) is 0 Å². The van der Waals surface area contributed by atoms with Crippen molar-refractivity contribution in [2.24, 2.45) is 0 Å². The van der Waals surface area contributed by atoms with Crippen molar-refractivity contribution in [2.45, 2.75) is 31.8 Å². The Labute approximate surface area is 214 Å². The standard InChI is InChI=1S/C26H27N3O7S/c30-18-21(16-25(32)33)27-24(31)17-29-22(15-20-9-5-2-6-10-20)11-12-23(26(29)34)28-37(35,36)14-13-19-7-3-1-4-8-19/h1-12,18,21,28H,13-17H2,(H,27,31)(H,32,33). The number of carboxylic acid groups (broad SMARTS) is 1. The lowest BCUT2D eigenvalue weighted by Crippen LogP contribution is -2.41. The maximum atomic E-state index is 13.3. The first-order chi connectivity index (χ1) is 17.7. The van der Waals surface area contributed by atoms with Gasteiger partial charge in [-0.05, 0) is 29.7 Å². The van der Waals surface area contributed by atoms with E-state index in [1.54, 1.807) is 30.3 Å². The molecule has 0 spiro atoms. The molecule has 37 heavy (non-hydrogen) atoms. The van der Waals surface area contributed by atoms with Crippen molar-refractivity contribution in [3.8, 4) is 0 Å². The van der Waals surface area contributed by atoms with E-state index in [0.717, 1.165) is 15.7 Å². The van der Waals surface area contributed by atoms with Crippen LogP contribution < -0.4 is 15.6 Å². The Balaban J connectivity index is 1.86. The smallest absolute Gasteiger partial charge is 0.305 e. The second kappa shape index (κ2) is 12.6. The first-order valence-electron chi connectivity index (χ1n) is 11.4. The summed E-state index contributed by atoms with van der Waals surface area (Å²) in [6.45, 7) is -0.537. The minimum atomic E-state index is -3.88. The molecule has 11 heteroatoms. The molecule has 0 bridgehead atoms. The highest BCUT2D eigenvalue weighted by Gasteiger charge is 2.20. The summed E-state index contributed by atoms with van der Waals surface area (Å²) in [4.78, 5) is 48.0. The second-order valence-corrected chi connectivity index (χ2v) is 10.2. The predicted octanol–water partition coefficient (Wildman–Crippen LogP) is 1.58. The SMILES string of the molecule is O=CC(CC(=O)O)NC(=O)Cn1c(Cc2ccccc2)ccc(NS(=O)(=O)CCc2ccccc2)c1=O. The molecule has 3 N–H and O–H groups in total. The van der Waals surface area contributed by atoms with Gasteiger partial charge < -0.3 is 19.8 Å². The molecule has 1 aromatic heterocycles. The number of nitrogens with zero attached hydrogens (tertiary/aromatic N) is 1. The molecule has 0 aliphatic heterocycles. The fraction of sp³-hybridized carbons (Fsp3) is 0.231. The van der Waals surface area contributed by atoms with Crippen LogP contribution in [0.4, 0.5) is 5.69 Å². The normalized spacial score (nSPS) is 11.9. The molecule has 1 atom stereocenters. The number of pyridine rings is 1. The number of hydrogen-bond donors (Lipinski definition) is 3. The summed E-state index contributed by atoms with van der Waals surface area (Å²) >= 11 is 0. The van der Waals surface area contributed by atoms with Gasteiger partial charge in [0.1, 0.15) is 18.5 Å². The molecular formula is C26H27N3O7S. The first kappa shape index (κ1) is 27.3. The van der Waals surface area contributed by atoms with Crippen LogP contribution in [0.2, 0.25) is 0 Å². The van der Waals surface area contributed by atoms with Crippen molar-refractivity contribution in [3.63, 3.8) is 0 Å². The Kier molecular flexibility index (Phi) is 9.33. The van der Waals surface area contributed by atoms with Crippen molar-refractivity contribution >= 4 is 33.9 Å². The average molecular weight is 526 g/mol. The average Bonchev–Trinajstić information content (AvgIpc) is 2.87. The molecule has 0 aliphatic rings. The molecule has 3 rings (SSSR count). The van der Waals surface area contributed by atoms with E-state index < -0.39 is 46.5 Å². The number of amides is 1. The van der Waals surface area contributed by atoms with E-state index in [-0.39, 0.29) is 24.3 Å². The minimum Gasteiger partial charge on any atom is -0.481 e. The van der Waals surface area contributed by atoms with Crippen LogP contribution in [-0.2, 0) is 43.8 Å². The van der Waals surface area contributed by atoms with Gasteiger partial charge in [-0.15, -0.1) is 0 Å². The van der Waals surface area contributed by atoms with E-state index in [2.05, 4.69) is 10.0 Å². The van der Waals surface area contributed by atoms with Gasteiger partial charge in [0.05, 0.1) is 18.2 Å². The van der Waals surface area contributed by atoms with Gasteiger partial charge in [-0.1, -0.05) is 60.7 Å². The number of aldehydes is 1. The highest BCUT2D eigenvalue weighted by molar-refractivity contribution is 7.92. The number of anilines is 1. The third-order valence-corrected chi connectivity index (χ3v) is 6.74. The van der Waals surface area contributed by atoms with Crippen molar-refractivity contribution < 1.29 is 27.9 Å². The van der Waals surface area contributed by atoms with Crippen LogP contribution >= 0.6 is 0 Å². The number of benzene rings is 2. The maximum Gasteiger partial charge on any atom is 0.305 e. The van der Waals surface area contributed by atoms with Crippen molar-refractivity contribution in [1.29, 1.82) is 0 Å². The van der Waals surface area contributed by atoms with Crippen LogP contribution in [0.1, 0.15) is 23.2 Å². The lowest BCUT2D eigenvalue weighted by molar-refractivity contribution is -0.138. The fourth-order valence-electron chi connectivity index (χ4n) is 3.66. The number of carboxylic acids is 1. The summed E-state index contributed by atoms with van der Waals surface area (Å²) in [6.07, 6.45) is 0.214. The third kappa shape index (κ3) is 8.43. The van der Waals surface area contributed by atoms with Crippen LogP contribution in [-0.4, -0.2) is 48.0 Å². The number of sulfonamides is 1. The zero-order valence-corrected chi connectivity index (χ0v) is 20.7. The zero-order chi connectivity index (χ0) is 26.8. The number of rotatable bonds is 13. The Hall–Kier alpha value is -4.25. The molecule has 10 nitrogen and oxygen atoms in total. The molecule has 3 aromatic rings. The molecule has 0 saturated carbocycles. The van der Waals surface area contributed by atoms with Gasteiger partial charge in [0.15, 0.2) is 0 Å². The van der Waals surface area contributed by atoms with Gasteiger partial charge >= 0.3 is 5.97 Å². The van der Waals surface area contributed by atoms with E-state index in [1.165, 1.54) is 6.07 Å². The third-order valence-electron chi connectivity index (χ3n) is 5.47. The van der Waals surface area contributed by atoms with Gasteiger partial charge in [-0.3, -0.25) is 19.1 Å². The van der Waals surface area contributed by atoms with Gasteiger partial charge in [0.25, 0.3) is 5.56 Å². The highest BCUT2D eigenvalue weighted by Crippen LogP contribution is 2.13. The molecular weight excluding hydrogens is 498 g/mol. The topological polar surface area (TPSA) is 152 Å². The Morgan fingerprint density at radius 1 is 0.946 bits per heavy atom. The molecule has 2 aromatic carbocycles. The lowest BCUT2D eigenvalue weighted by atomic mass is 10.1. The van der Waals surface area contributed by atoms with Crippen LogP contribution in [0.15, 0.2) is 77.6 Å². The van der Waals surface area contributed by atoms with E-state index in [1.807, 2.05) is 36.4 Å². The van der Waals surface area contributed by atoms with Crippen LogP contribution in [0.25, 0.3) is 0 Å². The number of aromatic nitrogens is 1. The summed E-state index contributed by atoms with van der Waals surface area (Å²) in [5.74, 6) is -2.29. The van der Waals surface area contributed by atoms with E-state index in [4.69, 9.17) is 5.11 Å². The van der Waals surface area contributed by atoms with E-state index in [9.17, 15) is 27.6 Å². The largest absolute Gasteiger partial charge is 0.481 e. The molecule has 1 amide bonds. The van der Waals surface area contributed by atoms with Crippen molar-refractivity contribution in [3.05, 3.63) is 100.0 Å². The highest BCUT2D eigenvalue weighted by atomic mass is 32.2. The Morgan fingerprint density at radius 2 is 1.57 bits per heavy atom. The summed E-state index contributed by atoms with van der Waals surface area (Å²) in [5, 5.41) is 11.2. The van der Waals surface area contributed by atoms with Crippen molar-refractivity contribution in [1.82, 2.24) is 9.88 Å². The predicted molar refractivity (Wildman–Crippen MR) is 138 cm³/mol. The molecule has 0 aliphatic carbocycles. The monoisotopic (exact) mass is 525 g/mol. The van der Waals surface area contributed by atoms with Gasteiger partial charge in [0, 0.05) is 12.1 Å². The lowest BCUT2D eigenvalue weighted by Gasteiger charge is -2.17.